The van der Waals surface area contributed by atoms with Crippen LogP contribution in [0, 0.1) is 0 Å². The van der Waals surface area contributed by atoms with E-state index in [4.69, 9.17) is 4.74 Å². The summed E-state index contributed by atoms with van der Waals surface area (Å²) in [6, 6.07) is 8.67. The van der Waals surface area contributed by atoms with Crippen molar-refractivity contribution >= 4 is 0 Å². The van der Waals surface area contributed by atoms with Gasteiger partial charge in [0, 0.05) is 26.1 Å². The van der Waals surface area contributed by atoms with Gasteiger partial charge in [0.1, 0.15) is 17.9 Å². The third kappa shape index (κ3) is 4.03. The van der Waals surface area contributed by atoms with Gasteiger partial charge in [-0.2, -0.15) is 0 Å². The van der Waals surface area contributed by atoms with E-state index < -0.39 is 0 Å². The van der Waals surface area contributed by atoms with Gasteiger partial charge >= 0.3 is 0 Å². The number of hydrogen-bond donors (Lipinski definition) is 0. The first-order chi connectivity index (χ1) is 12.3. The Kier molecular flexibility index (Phi) is 5.02. The number of aromatic nitrogens is 3. The van der Waals surface area contributed by atoms with E-state index in [0.29, 0.717) is 12.0 Å². The summed E-state index contributed by atoms with van der Waals surface area (Å²) in [7, 11) is 2.04. The van der Waals surface area contributed by atoms with Crippen LogP contribution in [0.3, 0.4) is 0 Å². The minimum Gasteiger partial charge on any atom is -0.490 e. The molecule has 0 amide bonds. The van der Waals surface area contributed by atoms with Gasteiger partial charge in [-0.25, -0.2) is 0 Å². The zero-order valence-corrected chi connectivity index (χ0v) is 15.1. The molecule has 2 heterocycles. The number of ether oxygens (including phenoxy) is 1. The molecule has 25 heavy (non-hydrogen) atoms. The molecule has 5 nitrogen and oxygen atoms in total. The van der Waals surface area contributed by atoms with Crippen molar-refractivity contribution in [2.75, 3.05) is 13.1 Å². The molecule has 2 aromatic rings. The second kappa shape index (κ2) is 7.56. The molecule has 1 aliphatic carbocycles. The normalized spacial score (nSPS) is 22.4. The largest absolute Gasteiger partial charge is 0.490 e. The van der Waals surface area contributed by atoms with Gasteiger partial charge in [-0.1, -0.05) is 12.1 Å². The summed E-state index contributed by atoms with van der Waals surface area (Å²) >= 11 is 0. The van der Waals surface area contributed by atoms with Crippen LogP contribution in [-0.2, 0) is 13.6 Å². The van der Waals surface area contributed by atoms with Gasteiger partial charge in [0.15, 0.2) is 0 Å². The highest BCUT2D eigenvalue weighted by molar-refractivity contribution is 5.29. The highest BCUT2D eigenvalue weighted by Crippen LogP contribution is 2.28. The van der Waals surface area contributed by atoms with E-state index in [2.05, 4.69) is 43.9 Å². The summed E-state index contributed by atoms with van der Waals surface area (Å²) in [6.45, 7) is 3.19. The van der Waals surface area contributed by atoms with Gasteiger partial charge in [-0.15, -0.1) is 10.2 Å². The van der Waals surface area contributed by atoms with Crippen LogP contribution >= 0.6 is 0 Å². The van der Waals surface area contributed by atoms with E-state index in [1.807, 2.05) is 7.05 Å². The third-order valence-electron chi connectivity index (χ3n) is 5.53. The Morgan fingerprint density at radius 2 is 2.04 bits per heavy atom. The van der Waals surface area contributed by atoms with Crippen LogP contribution in [0.4, 0.5) is 0 Å². The predicted octanol–water partition coefficient (Wildman–Crippen LogP) is 3.52. The Labute approximate surface area is 150 Å². The van der Waals surface area contributed by atoms with Gasteiger partial charge in [0.05, 0.1) is 6.10 Å². The molecule has 2 aliphatic rings. The fourth-order valence-corrected chi connectivity index (χ4v) is 4.25. The quantitative estimate of drug-likeness (QED) is 0.835. The molecule has 1 aromatic carbocycles. The number of nitrogens with zero attached hydrogens (tertiary/aromatic N) is 4. The van der Waals surface area contributed by atoms with Crippen LogP contribution in [0.25, 0.3) is 0 Å². The summed E-state index contributed by atoms with van der Waals surface area (Å²) < 4.78 is 8.22. The van der Waals surface area contributed by atoms with Crippen molar-refractivity contribution in [3.8, 4) is 5.75 Å². The Bertz CT molecular complexity index is 693. The van der Waals surface area contributed by atoms with Crippen molar-refractivity contribution in [2.24, 2.45) is 7.05 Å². The van der Waals surface area contributed by atoms with E-state index in [9.17, 15) is 0 Å². The van der Waals surface area contributed by atoms with Gasteiger partial charge in [0.25, 0.3) is 0 Å². The molecule has 5 heteroatoms. The summed E-state index contributed by atoms with van der Waals surface area (Å²) in [5.41, 5.74) is 1.34. The maximum Gasteiger partial charge on any atom is 0.136 e. The van der Waals surface area contributed by atoms with Gasteiger partial charge in [0.2, 0.25) is 0 Å². The third-order valence-corrected chi connectivity index (χ3v) is 5.53. The SMILES string of the molecule is Cn1cnnc1[C@H]1CCCN(Cc2cccc(OC3CCCC3)c2)C1. The Hall–Kier alpha value is -1.88. The first-order valence-electron chi connectivity index (χ1n) is 9.60. The monoisotopic (exact) mass is 340 g/mol. The highest BCUT2D eigenvalue weighted by Gasteiger charge is 2.24. The summed E-state index contributed by atoms with van der Waals surface area (Å²) in [5, 5.41) is 8.36. The smallest absolute Gasteiger partial charge is 0.136 e. The molecule has 1 aromatic heterocycles. The number of aryl methyl sites for hydroxylation is 1. The molecule has 0 spiro atoms. The second-order valence-electron chi connectivity index (χ2n) is 7.55. The van der Waals surface area contributed by atoms with E-state index >= 15 is 0 Å². The summed E-state index contributed by atoms with van der Waals surface area (Å²) in [6.07, 6.45) is 9.67. The molecule has 0 radical (unpaired) electrons. The van der Waals surface area contributed by atoms with Crippen molar-refractivity contribution in [2.45, 2.75) is 57.1 Å². The zero-order chi connectivity index (χ0) is 17.1. The average molecular weight is 340 g/mol. The lowest BCUT2D eigenvalue weighted by atomic mass is 9.96. The number of rotatable bonds is 5. The van der Waals surface area contributed by atoms with Crippen LogP contribution in [0.15, 0.2) is 30.6 Å². The molecule has 134 valence electrons. The number of piperidine rings is 1. The van der Waals surface area contributed by atoms with E-state index in [-0.39, 0.29) is 0 Å². The van der Waals surface area contributed by atoms with Crippen molar-refractivity contribution in [1.82, 2.24) is 19.7 Å². The van der Waals surface area contributed by atoms with E-state index in [1.54, 1.807) is 6.33 Å². The van der Waals surface area contributed by atoms with Crippen LogP contribution < -0.4 is 4.74 Å². The molecule has 0 bridgehead atoms. The van der Waals surface area contributed by atoms with Crippen LogP contribution in [0.5, 0.6) is 5.75 Å². The van der Waals surface area contributed by atoms with Crippen molar-refractivity contribution in [1.29, 1.82) is 0 Å². The van der Waals surface area contributed by atoms with Crippen molar-refractivity contribution in [3.05, 3.63) is 42.0 Å². The highest BCUT2D eigenvalue weighted by atomic mass is 16.5. The first kappa shape index (κ1) is 16.6. The Morgan fingerprint density at radius 3 is 2.84 bits per heavy atom. The number of benzene rings is 1. The maximum absolute atomic E-state index is 6.16. The lowest BCUT2D eigenvalue weighted by Gasteiger charge is -2.32. The number of likely N-dealkylation sites (tertiary alicyclic amines) is 1. The summed E-state index contributed by atoms with van der Waals surface area (Å²) in [4.78, 5) is 2.54. The van der Waals surface area contributed by atoms with Gasteiger partial charge in [-0.05, 0) is 62.8 Å². The fourth-order valence-electron chi connectivity index (χ4n) is 4.25. The maximum atomic E-state index is 6.16. The Morgan fingerprint density at radius 1 is 1.16 bits per heavy atom. The first-order valence-corrected chi connectivity index (χ1v) is 9.60. The van der Waals surface area contributed by atoms with Gasteiger partial charge < -0.3 is 9.30 Å². The Balaban J connectivity index is 1.38. The molecule has 1 saturated carbocycles. The molecule has 1 saturated heterocycles. The van der Waals surface area contributed by atoms with Gasteiger partial charge in [-0.3, -0.25) is 4.90 Å². The van der Waals surface area contributed by atoms with Crippen LogP contribution in [0.2, 0.25) is 0 Å². The average Bonchev–Trinajstić information content (AvgIpc) is 3.27. The summed E-state index contributed by atoms with van der Waals surface area (Å²) in [5.74, 6) is 2.63. The molecule has 4 rings (SSSR count). The standard InChI is InChI=1S/C20H28N4O/c1-23-15-21-22-20(23)17-7-5-11-24(14-17)13-16-6-4-10-19(12-16)25-18-8-2-3-9-18/h4,6,10,12,15,17-18H,2-3,5,7-9,11,13-14H2,1H3/t17-/m0/s1. The van der Waals surface area contributed by atoms with Crippen molar-refractivity contribution < 1.29 is 4.74 Å². The van der Waals surface area contributed by atoms with E-state index in [1.165, 1.54) is 44.1 Å². The molecular formula is C20H28N4O. The lowest BCUT2D eigenvalue weighted by molar-refractivity contribution is 0.193. The van der Waals surface area contributed by atoms with E-state index in [0.717, 1.165) is 31.2 Å². The van der Waals surface area contributed by atoms with Crippen LogP contribution in [0.1, 0.15) is 55.8 Å². The molecule has 0 unspecified atom stereocenters. The second-order valence-corrected chi connectivity index (χ2v) is 7.55. The van der Waals surface area contributed by atoms with Crippen LogP contribution in [-0.4, -0.2) is 38.9 Å². The number of hydrogen-bond acceptors (Lipinski definition) is 4. The topological polar surface area (TPSA) is 43.2 Å². The minimum absolute atomic E-state index is 0.422. The molecule has 2 fully saturated rings. The molecule has 1 aliphatic heterocycles. The predicted molar refractivity (Wildman–Crippen MR) is 97.6 cm³/mol. The fraction of sp³-hybridized carbons (Fsp3) is 0.600. The lowest BCUT2D eigenvalue weighted by Crippen LogP contribution is -2.34. The van der Waals surface area contributed by atoms with Crippen molar-refractivity contribution in [3.63, 3.8) is 0 Å². The molecule has 1 atom stereocenters. The zero-order valence-electron chi connectivity index (χ0n) is 15.1. The molecular weight excluding hydrogens is 312 g/mol. The minimum atomic E-state index is 0.422. The molecule has 0 N–H and O–H groups in total.